The lowest BCUT2D eigenvalue weighted by Gasteiger charge is -2.17. The Morgan fingerprint density at radius 3 is 3.06 bits per heavy atom. The van der Waals surface area contributed by atoms with Crippen LogP contribution in [0.3, 0.4) is 0 Å². The molecule has 4 heteroatoms. The standard InChI is InChI=1S/C12H12BrN3/c13-10-2-1-9-3-4-15-12(11(9)7-10)16-6-5-14-8-16/h1-4,7,14H,5-6,8H2. The van der Waals surface area contributed by atoms with Crippen LogP contribution in [0.4, 0.5) is 5.82 Å². The lowest BCUT2D eigenvalue weighted by atomic mass is 10.1. The highest BCUT2D eigenvalue weighted by Crippen LogP contribution is 2.27. The number of hydrogen-bond acceptors (Lipinski definition) is 3. The van der Waals surface area contributed by atoms with Crippen LogP contribution in [0.1, 0.15) is 0 Å². The minimum absolute atomic E-state index is 0.888. The molecule has 3 rings (SSSR count). The molecule has 1 aliphatic heterocycles. The maximum Gasteiger partial charge on any atom is 0.137 e. The van der Waals surface area contributed by atoms with Crippen molar-refractivity contribution in [2.24, 2.45) is 0 Å². The Morgan fingerprint density at radius 1 is 1.31 bits per heavy atom. The van der Waals surface area contributed by atoms with E-state index in [9.17, 15) is 0 Å². The summed E-state index contributed by atoms with van der Waals surface area (Å²) in [5.41, 5.74) is 0. The number of anilines is 1. The van der Waals surface area contributed by atoms with Crippen LogP contribution in [0.2, 0.25) is 0 Å². The number of aromatic nitrogens is 1. The molecular weight excluding hydrogens is 266 g/mol. The Bertz CT molecular complexity index is 521. The topological polar surface area (TPSA) is 28.2 Å². The molecule has 0 radical (unpaired) electrons. The molecule has 1 aromatic carbocycles. The summed E-state index contributed by atoms with van der Waals surface area (Å²) >= 11 is 3.51. The van der Waals surface area contributed by atoms with Crippen LogP contribution < -0.4 is 10.2 Å². The van der Waals surface area contributed by atoms with Crippen molar-refractivity contribution < 1.29 is 0 Å². The molecule has 3 nitrogen and oxygen atoms in total. The first-order valence-corrected chi connectivity index (χ1v) is 6.14. The fourth-order valence-corrected chi connectivity index (χ4v) is 2.43. The second-order valence-corrected chi connectivity index (χ2v) is 4.84. The van der Waals surface area contributed by atoms with E-state index in [0.717, 1.165) is 30.0 Å². The van der Waals surface area contributed by atoms with Crippen molar-refractivity contribution in [3.63, 3.8) is 0 Å². The smallest absolute Gasteiger partial charge is 0.137 e. The maximum absolute atomic E-state index is 4.50. The first kappa shape index (κ1) is 10.1. The summed E-state index contributed by atoms with van der Waals surface area (Å²) in [6, 6.07) is 8.37. The molecule has 16 heavy (non-hydrogen) atoms. The molecule has 1 aromatic heterocycles. The van der Waals surface area contributed by atoms with Crippen molar-refractivity contribution in [3.8, 4) is 0 Å². The van der Waals surface area contributed by atoms with Crippen molar-refractivity contribution in [3.05, 3.63) is 34.9 Å². The highest BCUT2D eigenvalue weighted by Gasteiger charge is 2.15. The van der Waals surface area contributed by atoms with E-state index < -0.39 is 0 Å². The van der Waals surface area contributed by atoms with E-state index in [1.807, 2.05) is 6.20 Å². The maximum atomic E-state index is 4.50. The van der Waals surface area contributed by atoms with Crippen molar-refractivity contribution in [1.29, 1.82) is 0 Å². The predicted octanol–water partition coefficient (Wildman–Crippen LogP) is 2.36. The van der Waals surface area contributed by atoms with E-state index in [2.05, 4.69) is 55.4 Å². The minimum Gasteiger partial charge on any atom is -0.342 e. The van der Waals surface area contributed by atoms with Gasteiger partial charge in [0.15, 0.2) is 0 Å². The number of pyridine rings is 1. The van der Waals surface area contributed by atoms with E-state index in [1.165, 1.54) is 10.8 Å². The van der Waals surface area contributed by atoms with Crippen molar-refractivity contribution >= 4 is 32.5 Å². The molecule has 0 unspecified atom stereocenters. The largest absolute Gasteiger partial charge is 0.342 e. The summed E-state index contributed by atoms with van der Waals surface area (Å²) in [6.07, 6.45) is 1.88. The second kappa shape index (κ2) is 4.03. The van der Waals surface area contributed by atoms with Crippen molar-refractivity contribution in [2.45, 2.75) is 0 Å². The quantitative estimate of drug-likeness (QED) is 0.868. The first-order valence-electron chi connectivity index (χ1n) is 5.34. The molecule has 0 aliphatic carbocycles. The Morgan fingerprint density at radius 2 is 2.25 bits per heavy atom. The van der Waals surface area contributed by atoms with Gasteiger partial charge in [-0.25, -0.2) is 4.98 Å². The van der Waals surface area contributed by atoms with E-state index in [-0.39, 0.29) is 0 Å². The molecule has 2 aromatic rings. The van der Waals surface area contributed by atoms with Crippen molar-refractivity contribution in [2.75, 3.05) is 24.7 Å². The first-order chi connectivity index (χ1) is 7.84. The van der Waals surface area contributed by atoms with E-state index in [1.54, 1.807) is 0 Å². The minimum atomic E-state index is 0.888. The van der Waals surface area contributed by atoms with Crippen LogP contribution in [0.15, 0.2) is 34.9 Å². The van der Waals surface area contributed by atoms with Crippen LogP contribution in [0.5, 0.6) is 0 Å². The van der Waals surface area contributed by atoms with Gasteiger partial charge in [-0.15, -0.1) is 0 Å². The number of rotatable bonds is 1. The van der Waals surface area contributed by atoms with E-state index in [4.69, 9.17) is 0 Å². The number of hydrogen-bond donors (Lipinski definition) is 1. The Balaban J connectivity index is 2.18. The second-order valence-electron chi connectivity index (χ2n) is 3.92. The molecule has 1 saturated heterocycles. The van der Waals surface area contributed by atoms with Crippen LogP contribution in [0.25, 0.3) is 10.8 Å². The fraction of sp³-hybridized carbons (Fsp3) is 0.250. The Hall–Kier alpha value is -1.13. The summed E-state index contributed by atoms with van der Waals surface area (Å²) in [5.74, 6) is 1.07. The van der Waals surface area contributed by atoms with E-state index >= 15 is 0 Å². The number of fused-ring (bicyclic) bond motifs is 1. The van der Waals surface area contributed by atoms with Gasteiger partial charge >= 0.3 is 0 Å². The normalized spacial score (nSPS) is 15.9. The average Bonchev–Trinajstić information content (AvgIpc) is 2.81. The molecule has 1 fully saturated rings. The van der Waals surface area contributed by atoms with Crippen LogP contribution in [-0.2, 0) is 0 Å². The molecule has 0 saturated carbocycles. The van der Waals surface area contributed by atoms with Gasteiger partial charge < -0.3 is 4.90 Å². The molecule has 0 amide bonds. The highest BCUT2D eigenvalue weighted by atomic mass is 79.9. The third-order valence-electron chi connectivity index (χ3n) is 2.87. The number of benzene rings is 1. The van der Waals surface area contributed by atoms with Gasteiger partial charge in [0.25, 0.3) is 0 Å². The summed E-state index contributed by atoms with van der Waals surface area (Å²) < 4.78 is 1.10. The van der Waals surface area contributed by atoms with Crippen LogP contribution in [0, 0.1) is 0 Å². The van der Waals surface area contributed by atoms with Gasteiger partial charge in [0.1, 0.15) is 5.82 Å². The lowest BCUT2D eigenvalue weighted by Crippen LogP contribution is -2.22. The molecule has 1 N–H and O–H groups in total. The molecule has 0 bridgehead atoms. The fourth-order valence-electron chi connectivity index (χ4n) is 2.07. The van der Waals surface area contributed by atoms with Crippen LogP contribution in [-0.4, -0.2) is 24.7 Å². The van der Waals surface area contributed by atoms with Gasteiger partial charge in [-0.05, 0) is 23.6 Å². The number of halogens is 1. The van der Waals surface area contributed by atoms with Gasteiger partial charge in [0.05, 0.1) is 6.67 Å². The van der Waals surface area contributed by atoms with Crippen molar-refractivity contribution in [1.82, 2.24) is 10.3 Å². The predicted molar refractivity (Wildman–Crippen MR) is 69.7 cm³/mol. The molecule has 0 atom stereocenters. The van der Waals surface area contributed by atoms with Crippen LogP contribution >= 0.6 is 15.9 Å². The molecular formula is C12H12BrN3. The van der Waals surface area contributed by atoms with Gasteiger partial charge in [-0.2, -0.15) is 0 Å². The number of nitrogens with one attached hydrogen (secondary N) is 1. The molecule has 82 valence electrons. The summed E-state index contributed by atoms with van der Waals surface area (Å²) in [7, 11) is 0. The zero-order valence-electron chi connectivity index (χ0n) is 8.78. The monoisotopic (exact) mass is 277 g/mol. The van der Waals surface area contributed by atoms with Gasteiger partial charge in [0, 0.05) is 29.1 Å². The summed E-state index contributed by atoms with van der Waals surface area (Å²) in [5, 5.41) is 5.77. The van der Waals surface area contributed by atoms with Gasteiger partial charge in [-0.3, -0.25) is 5.32 Å². The highest BCUT2D eigenvalue weighted by molar-refractivity contribution is 9.10. The zero-order valence-corrected chi connectivity index (χ0v) is 10.4. The Labute approximate surface area is 103 Å². The van der Waals surface area contributed by atoms with Gasteiger partial charge in [-0.1, -0.05) is 22.0 Å². The lowest BCUT2D eigenvalue weighted by molar-refractivity contribution is 0.851. The Kier molecular flexibility index (Phi) is 2.53. The number of nitrogens with zero attached hydrogens (tertiary/aromatic N) is 2. The zero-order chi connectivity index (χ0) is 11.0. The summed E-state index contributed by atoms with van der Waals surface area (Å²) in [4.78, 5) is 6.77. The average molecular weight is 278 g/mol. The van der Waals surface area contributed by atoms with E-state index in [0.29, 0.717) is 0 Å². The SMILES string of the molecule is Brc1ccc2ccnc(N3CCNC3)c2c1. The molecule has 0 spiro atoms. The molecule has 2 heterocycles. The van der Waals surface area contributed by atoms with Gasteiger partial charge in [0.2, 0.25) is 0 Å². The third-order valence-corrected chi connectivity index (χ3v) is 3.36. The molecule has 1 aliphatic rings. The third kappa shape index (κ3) is 1.68. The summed E-state index contributed by atoms with van der Waals surface area (Å²) in [6.45, 7) is 2.95.